The molecule has 1 fully saturated rings. The third-order valence-corrected chi connectivity index (χ3v) is 3.54. The van der Waals surface area contributed by atoms with Gasteiger partial charge in [-0.3, -0.25) is 9.79 Å². The van der Waals surface area contributed by atoms with Crippen molar-refractivity contribution in [2.75, 3.05) is 7.11 Å². The molecule has 2 rings (SSSR count). The standard InChI is InChI=1S/C15H19NO2/c1-4-16-13-8-10(2)12(9-14(13)18-3)15(17)11-6-5-7-11/h4,8-9,11H,5-7H2,1-3H3. The zero-order valence-electron chi connectivity index (χ0n) is 11.2. The van der Waals surface area contributed by atoms with Crippen LogP contribution in [0.2, 0.25) is 0 Å². The first-order chi connectivity index (χ1) is 8.67. The van der Waals surface area contributed by atoms with Crippen LogP contribution in [0.5, 0.6) is 5.75 Å². The van der Waals surface area contributed by atoms with Gasteiger partial charge in [0, 0.05) is 17.7 Å². The van der Waals surface area contributed by atoms with E-state index in [2.05, 4.69) is 4.99 Å². The molecule has 3 heteroatoms. The SMILES string of the molecule is CC=Nc1cc(C)c(C(=O)C2CCC2)cc1OC. The molecule has 0 saturated heterocycles. The summed E-state index contributed by atoms with van der Waals surface area (Å²) >= 11 is 0. The maximum Gasteiger partial charge on any atom is 0.166 e. The van der Waals surface area contributed by atoms with Crippen molar-refractivity contribution in [3.05, 3.63) is 23.3 Å². The van der Waals surface area contributed by atoms with Crippen molar-refractivity contribution < 1.29 is 9.53 Å². The molecule has 0 amide bonds. The van der Waals surface area contributed by atoms with Crippen LogP contribution >= 0.6 is 0 Å². The molecule has 1 aromatic carbocycles. The van der Waals surface area contributed by atoms with E-state index in [1.807, 2.05) is 26.0 Å². The number of aliphatic imine (C=N–C) groups is 1. The fourth-order valence-electron chi connectivity index (χ4n) is 2.23. The Morgan fingerprint density at radius 2 is 2.17 bits per heavy atom. The number of carbonyl (C=O) groups excluding carboxylic acids is 1. The number of hydrogen-bond donors (Lipinski definition) is 0. The molecular formula is C15H19NO2. The number of aryl methyl sites for hydroxylation is 1. The van der Waals surface area contributed by atoms with Crippen molar-refractivity contribution in [1.29, 1.82) is 0 Å². The second-order valence-electron chi connectivity index (χ2n) is 4.72. The molecule has 1 aliphatic rings. The van der Waals surface area contributed by atoms with E-state index in [9.17, 15) is 4.79 Å². The highest BCUT2D eigenvalue weighted by atomic mass is 16.5. The molecule has 3 nitrogen and oxygen atoms in total. The summed E-state index contributed by atoms with van der Waals surface area (Å²) in [5.41, 5.74) is 2.54. The second-order valence-corrected chi connectivity index (χ2v) is 4.72. The summed E-state index contributed by atoms with van der Waals surface area (Å²) < 4.78 is 5.31. The molecule has 0 bridgehead atoms. The molecule has 18 heavy (non-hydrogen) atoms. The van der Waals surface area contributed by atoms with Gasteiger partial charge in [-0.15, -0.1) is 0 Å². The number of rotatable bonds is 4. The third kappa shape index (κ3) is 2.30. The topological polar surface area (TPSA) is 38.7 Å². The van der Waals surface area contributed by atoms with Gasteiger partial charge in [-0.25, -0.2) is 0 Å². The largest absolute Gasteiger partial charge is 0.494 e. The summed E-state index contributed by atoms with van der Waals surface area (Å²) in [4.78, 5) is 16.5. The Bertz CT molecular complexity index is 488. The fraction of sp³-hybridized carbons (Fsp3) is 0.467. The summed E-state index contributed by atoms with van der Waals surface area (Å²) in [6.07, 6.45) is 4.94. The minimum atomic E-state index is 0.217. The summed E-state index contributed by atoms with van der Waals surface area (Å²) in [5.74, 6) is 1.14. The number of Topliss-reactive ketones (excluding diaryl/α,β-unsaturated/α-hetero) is 1. The summed E-state index contributed by atoms with van der Waals surface area (Å²) in [6, 6.07) is 3.75. The highest BCUT2D eigenvalue weighted by Gasteiger charge is 2.27. The monoisotopic (exact) mass is 245 g/mol. The van der Waals surface area contributed by atoms with E-state index in [-0.39, 0.29) is 11.7 Å². The van der Waals surface area contributed by atoms with Gasteiger partial charge in [0.1, 0.15) is 11.4 Å². The Morgan fingerprint density at radius 1 is 1.44 bits per heavy atom. The van der Waals surface area contributed by atoms with Gasteiger partial charge < -0.3 is 4.74 Å². The predicted molar refractivity (Wildman–Crippen MR) is 73.2 cm³/mol. The number of ketones is 1. The lowest BCUT2D eigenvalue weighted by Crippen LogP contribution is -2.22. The zero-order valence-corrected chi connectivity index (χ0v) is 11.2. The van der Waals surface area contributed by atoms with Crippen LogP contribution in [-0.4, -0.2) is 19.1 Å². The lowest BCUT2D eigenvalue weighted by molar-refractivity contribution is 0.0854. The van der Waals surface area contributed by atoms with Crippen molar-refractivity contribution in [2.24, 2.45) is 10.9 Å². The molecule has 1 aromatic rings. The van der Waals surface area contributed by atoms with Gasteiger partial charge in [0.2, 0.25) is 0 Å². The van der Waals surface area contributed by atoms with Crippen LogP contribution in [-0.2, 0) is 0 Å². The molecular weight excluding hydrogens is 226 g/mol. The van der Waals surface area contributed by atoms with E-state index in [0.29, 0.717) is 5.75 Å². The summed E-state index contributed by atoms with van der Waals surface area (Å²) in [6.45, 7) is 3.82. The van der Waals surface area contributed by atoms with Crippen molar-refractivity contribution >= 4 is 17.7 Å². The predicted octanol–water partition coefficient (Wildman–Crippen LogP) is 3.71. The maximum absolute atomic E-state index is 12.3. The molecule has 96 valence electrons. The van der Waals surface area contributed by atoms with Gasteiger partial charge in [0.25, 0.3) is 0 Å². The van der Waals surface area contributed by atoms with Gasteiger partial charge in [0.05, 0.1) is 7.11 Å². The number of hydrogen-bond acceptors (Lipinski definition) is 3. The number of carbonyl (C=O) groups is 1. The quantitative estimate of drug-likeness (QED) is 0.599. The lowest BCUT2D eigenvalue weighted by atomic mass is 9.79. The zero-order chi connectivity index (χ0) is 13.1. The average Bonchev–Trinajstić information content (AvgIpc) is 2.27. The first-order valence-electron chi connectivity index (χ1n) is 6.39. The number of ether oxygens (including phenoxy) is 1. The molecule has 0 spiro atoms. The molecule has 0 heterocycles. The highest BCUT2D eigenvalue weighted by Crippen LogP contribution is 2.35. The van der Waals surface area contributed by atoms with E-state index in [1.54, 1.807) is 13.3 Å². The van der Waals surface area contributed by atoms with Gasteiger partial charge in [0.15, 0.2) is 5.78 Å². The Balaban J connectivity index is 2.39. The van der Waals surface area contributed by atoms with E-state index >= 15 is 0 Å². The summed E-state index contributed by atoms with van der Waals surface area (Å²) in [7, 11) is 1.61. The van der Waals surface area contributed by atoms with Crippen LogP contribution in [0.1, 0.15) is 42.1 Å². The van der Waals surface area contributed by atoms with Crippen LogP contribution in [0, 0.1) is 12.8 Å². The lowest BCUT2D eigenvalue weighted by Gasteiger charge is -2.24. The van der Waals surface area contributed by atoms with Crippen LogP contribution in [0.3, 0.4) is 0 Å². The van der Waals surface area contributed by atoms with Gasteiger partial charge in [-0.05, 0) is 44.4 Å². The number of nitrogens with zero attached hydrogens (tertiary/aromatic N) is 1. The first-order valence-corrected chi connectivity index (χ1v) is 6.39. The van der Waals surface area contributed by atoms with Crippen LogP contribution in [0.25, 0.3) is 0 Å². The molecule has 0 N–H and O–H groups in total. The van der Waals surface area contributed by atoms with Crippen LogP contribution in [0.4, 0.5) is 5.69 Å². The molecule has 1 aliphatic carbocycles. The van der Waals surface area contributed by atoms with Crippen molar-refractivity contribution in [1.82, 2.24) is 0 Å². The van der Waals surface area contributed by atoms with E-state index in [0.717, 1.165) is 29.7 Å². The van der Waals surface area contributed by atoms with Gasteiger partial charge in [-0.1, -0.05) is 6.42 Å². The van der Waals surface area contributed by atoms with Crippen LogP contribution in [0.15, 0.2) is 17.1 Å². The Hall–Kier alpha value is -1.64. The molecule has 0 atom stereocenters. The second kappa shape index (κ2) is 5.34. The minimum Gasteiger partial charge on any atom is -0.494 e. The normalized spacial score (nSPS) is 15.7. The van der Waals surface area contributed by atoms with Crippen molar-refractivity contribution in [3.63, 3.8) is 0 Å². The van der Waals surface area contributed by atoms with E-state index in [4.69, 9.17) is 4.74 Å². The average molecular weight is 245 g/mol. The van der Waals surface area contributed by atoms with Crippen molar-refractivity contribution in [2.45, 2.75) is 33.1 Å². The maximum atomic E-state index is 12.3. The first kappa shape index (κ1) is 12.8. The van der Waals surface area contributed by atoms with Crippen LogP contribution < -0.4 is 4.74 Å². The fourth-order valence-corrected chi connectivity index (χ4v) is 2.23. The Morgan fingerprint density at radius 3 is 2.67 bits per heavy atom. The number of benzene rings is 1. The number of methoxy groups -OCH3 is 1. The molecule has 0 radical (unpaired) electrons. The van der Waals surface area contributed by atoms with Gasteiger partial charge in [-0.2, -0.15) is 0 Å². The smallest absolute Gasteiger partial charge is 0.166 e. The summed E-state index contributed by atoms with van der Waals surface area (Å²) in [5, 5.41) is 0. The molecule has 1 saturated carbocycles. The molecule has 0 aliphatic heterocycles. The highest BCUT2D eigenvalue weighted by molar-refractivity contribution is 6.00. The van der Waals surface area contributed by atoms with E-state index in [1.165, 1.54) is 6.42 Å². The van der Waals surface area contributed by atoms with Crippen molar-refractivity contribution in [3.8, 4) is 5.75 Å². The molecule has 0 unspecified atom stereocenters. The van der Waals surface area contributed by atoms with E-state index < -0.39 is 0 Å². The molecule has 0 aromatic heterocycles. The third-order valence-electron chi connectivity index (χ3n) is 3.54. The Labute approximate surface area is 108 Å². The minimum absolute atomic E-state index is 0.217. The van der Waals surface area contributed by atoms with Gasteiger partial charge >= 0.3 is 0 Å². The Kier molecular flexibility index (Phi) is 3.80.